The molecule has 5 aliphatic rings. The highest BCUT2D eigenvalue weighted by molar-refractivity contribution is 5.94. The van der Waals surface area contributed by atoms with Crippen molar-refractivity contribution in [1.29, 1.82) is 0 Å². The van der Waals surface area contributed by atoms with Crippen molar-refractivity contribution in [3.05, 3.63) is 29.8 Å². The molecule has 0 unspecified atom stereocenters. The quantitative estimate of drug-likeness (QED) is 0.739. The summed E-state index contributed by atoms with van der Waals surface area (Å²) in [6, 6.07) is 7.75. The monoisotopic (exact) mass is 443 g/mol. The lowest BCUT2D eigenvalue weighted by atomic mass is 9.94. The van der Waals surface area contributed by atoms with E-state index in [4.69, 9.17) is 23.7 Å². The van der Waals surface area contributed by atoms with Crippen LogP contribution in [0.1, 0.15) is 69.8 Å². The lowest BCUT2D eigenvalue weighted by Crippen LogP contribution is -2.58. The lowest BCUT2D eigenvalue weighted by molar-refractivity contribution is -0.246. The van der Waals surface area contributed by atoms with Crippen LogP contribution in [0.2, 0.25) is 0 Å². The number of rotatable bonds is 2. The van der Waals surface area contributed by atoms with Crippen LogP contribution < -0.4 is 5.32 Å². The van der Waals surface area contributed by atoms with E-state index in [9.17, 15) is 4.79 Å². The molecule has 1 aromatic rings. The van der Waals surface area contributed by atoms with Gasteiger partial charge in [-0.1, -0.05) is 30.5 Å². The van der Waals surface area contributed by atoms with E-state index in [1.807, 2.05) is 31.2 Å². The SMILES string of the molecule is Cc1ccc(NC(=O)[C@@H]2O[C@H]3OC4(CCCCC4)O[C@@H]3[C@H]3OC4(CCCCC4)O[C@H]32)cc1. The van der Waals surface area contributed by atoms with Gasteiger partial charge in [-0.05, 0) is 44.7 Å². The topological polar surface area (TPSA) is 75.3 Å². The van der Waals surface area contributed by atoms with E-state index in [2.05, 4.69) is 5.32 Å². The van der Waals surface area contributed by atoms with E-state index in [-0.39, 0.29) is 18.1 Å². The van der Waals surface area contributed by atoms with Crippen molar-refractivity contribution in [2.45, 2.75) is 113 Å². The number of fused-ring (bicyclic) bond motifs is 3. The summed E-state index contributed by atoms with van der Waals surface area (Å²) in [5.41, 5.74) is 1.88. The minimum absolute atomic E-state index is 0.230. The highest BCUT2D eigenvalue weighted by Crippen LogP contribution is 2.51. The molecule has 5 fully saturated rings. The fraction of sp³-hybridized carbons (Fsp3) is 0.720. The number of nitrogens with one attached hydrogen (secondary N) is 1. The van der Waals surface area contributed by atoms with Gasteiger partial charge in [0.1, 0.15) is 18.3 Å². The van der Waals surface area contributed by atoms with Gasteiger partial charge >= 0.3 is 0 Å². The van der Waals surface area contributed by atoms with Gasteiger partial charge in [-0.3, -0.25) is 4.79 Å². The van der Waals surface area contributed by atoms with Crippen LogP contribution in [-0.4, -0.2) is 48.2 Å². The van der Waals surface area contributed by atoms with Crippen LogP contribution in [0.15, 0.2) is 24.3 Å². The first-order chi connectivity index (χ1) is 15.5. The molecule has 0 radical (unpaired) electrons. The molecule has 174 valence electrons. The van der Waals surface area contributed by atoms with E-state index in [1.54, 1.807) is 0 Å². The third-order valence-electron chi connectivity index (χ3n) is 7.69. The predicted molar refractivity (Wildman–Crippen MR) is 116 cm³/mol. The summed E-state index contributed by atoms with van der Waals surface area (Å²) in [5, 5.41) is 3.00. The van der Waals surface area contributed by atoms with Crippen molar-refractivity contribution in [2.75, 3.05) is 5.32 Å². The zero-order valence-corrected chi connectivity index (χ0v) is 18.7. The molecule has 3 saturated heterocycles. The molecule has 1 aromatic carbocycles. The molecule has 1 amide bonds. The highest BCUT2D eigenvalue weighted by Gasteiger charge is 2.65. The standard InChI is InChI=1S/C25H33NO6/c1-16-8-10-17(11-9-16)26-22(27)20-18-19(30-24(29-18)12-4-2-5-13-24)21-23(28-20)32-25(31-21)14-6-3-7-15-25/h8-11,18-21,23H,2-7,12-15H2,1H3,(H,26,27)/t18-,19+,20-,21-,23+/m1/s1. The van der Waals surface area contributed by atoms with E-state index in [0.29, 0.717) is 0 Å². The largest absolute Gasteiger partial charge is 0.341 e. The molecule has 3 heterocycles. The molecule has 5 atom stereocenters. The van der Waals surface area contributed by atoms with Crippen molar-refractivity contribution in [3.63, 3.8) is 0 Å². The Morgan fingerprint density at radius 1 is 0.781 bits per heavy atom. The fourth-order valence-corrected chi connectivity index (χ4v) is 6.02. The van der Waals surface area contributed by atoms with Crippen LogP contribution in [0.5, 0.6) is 0 Å². The molecule has 7 heteroatoms. The zero-order valence-electron chi connectivity index (χ0n) is 18.7. The Morgan fingerprint density at radius 3 is 2.00 bits per heavy atom. The summed E-state index contributed by atoms with van der Waals surface area (Å²) in [6.07, 6.45) is 7.37. The van der Waals surface area contributed by atoms with Gasteiger partial charge in [-0.25, -0.2) is 0 Å². The first-order valence-electron chi connectivity index (χ1n) is 12.3. The number of ether oxygens (including phenoxy) is 5. The first-order valence-corrected chi connectivity index (χ1v) is 12.3. The molecule has 2 spiro atoms. The summed E-state index contributed by atoms with van der Waals surface area (Å²) >= 11 is 0. The number of carbonyl (C=O) groups is 1. The number of hydrogen-bond donors (Lipinski definition) is 1. The summed E-state index contributed by atoms with van der Waals surface area (Å²) < 4.78 is 32.3. The Morgan fingerprint density at radius 2 is 1.34 bits per heavy atom. The van der Waals surface area contributed by atoms with Gasteiger partial charge in [0.2, 0.25) is 0 Å². The smallest absolute Gasteiger partial charge is 0.256 e. The fourth-order valence-electron chi connectivity index (χ4n) is 6.02. The minimum atomic E-state index is -0.814. The van der Waals surface area contributed by atoms with Crippen molar-refractivity contribution < 1.29 is 28.5 Å². The Kier molecular flexibility index (Phi) is 5.30. The molecular weight excluding hydrogens is 410 g/mol. The number of benzene rings is 1. The van der Waals surface area contributed by atoms with Gasteiger partial charge in [0.15, 0.2) is 24.0 Å². The molecule has 0 aromatic heterocycles. The molecule has 32 heavy (non-hydrogen) atoms. The van der Waals surface area contributed by atoms with Gasteiger partial charge < -0.3 is 29.0 Å². The zero-order chi connectivity index (χ0) is 21.8. The van der Waals surface area contributed by atoms with E-state index < -0.39 is 30.1 Å². The number of hydrogen-bond acceptors (Lipinski definition) is 6. The molecule has 0 bridgehead atoms. The Labute approximate surface area is 189 Å². The Balaban J connectivity index is 1.27. The maximum absolute atomic E-state index is 13.4. The van der Waals surface area contributed by atoms with E-state index >= 15 is 0 Å². The molecular formula is C25H33NO6. The normalized spacial score (nSPS) is 37.2. The van der Waals surface area contributed by atoms with Gasteiger partial charge in [-0.2, -0.15) is 0 Å². The van der Waals surface area contributed by atoms with Gasteiger partial charge in [0, 0.05) is 31.4 Å². The molecule has 6 rings (SSSR count). The number of carbonyl (C=O) groups excluding carboxylic acids is 1. The van der Waals surface area contributed by atoms with E-state index in [0.717, 1.165) is 62.6 Å². The van der Waals surface area contributed by atoms with Crippen molar-refractivity contribution in [1.82, 2.24) is 0 Å². The van der Waals surface area contributed by atoms with Crippen LogP contribution >= 0.6 is 0 Å². The van der Waals surface area contributed by atoms with Crippen LogP contribution in [0.25, 0.3) is 0 Å². The maximum atomic E-state index is 13.4. The summed E-state index contributed by atoms with van der Waals surface area (Å²) in [5.74, 6) is -1.49. The van der Waals surface area contributed by atoms with Crippen LogP contribution in [0.4, 0.5) is 5.69 Å². The molecule has 1 N–H and O–H groups in total. The second-order valence-corrected chi connectivity index (χ2v) is 10.1. The van der Waals surface area contributed by atoms with Crippen LogP contribution in [0, 0.1) is 6.92 Å². The molecule has 7 nitrogen and oxygen atoms in total. The number of amides is 1. The van der Waals surface area contributed by atoms with Crippen molar-refractivity contribution in [3.8, 4) is 0 Å². The summed E-state index contributed by atoms with van der Waals surface area (Å²) in [7, 11) is 0. The Hall–Kier alpha value is -1.51. The minimum Gasteiger partial charge on any atom is -0.341 e. The van der Waals surface area contributed by atoms with Gasteiger partial charge in [-0.15, -0.1) is 0 Å². The van der Waals surface area contributed by atoms with E-state index in [1.165, 1.54) is 12.8 Å². The second kappa shape index (κ2) is 8.06. The first kappa shape index (κ1) is 21.1. The summed E-state index contributed by atoms with van der Waals surface area (Å²) in [4.78, 5) is 13.4. The van der Waals surface area contributed by atoms with Crippen LogP contribution in [-0.2, 0) is 28.5 Å². The van der Waals surface area contributed by atoms with Crippen molar-refractivity contribution in [2.24, 2.45) is 0 Å². The highest BCUT2D eigenvalue weighted by atomic mass is 16.9. The Bertz CT molecular complexity index is 844. The summed E-state index contributed by atoms with van der Waals surface area (Å²) in [6.45, 7) is 2.02. The number of anilines is 1. The molecule has 3 aliphatic heterocycles. The average molecular weight is 444 g/mol. The molecule has 2 aliphatic carbocycles. The third kappa shape index (κ3) is 3.68. The van der Waals surface area contributed by atoms with Gasteiger partial charge in [0.05, 0.1) is 0 Å². The predicted octanol–water partition coefficient (Wildman–Crippen LogP) is 4.18. The van der Waals surface area contributed by atoms with Crippen molar-refractivity contribution >= 4 is 11.6 Å². The number of aryl methyl sites for hydroxylation is 1. The van der Waals surface area contributed by atoms with Crippen LogP contribution in [0.3, 0.4) is 0 Å². The second-order valence-electron chi connectivity index (χ2n) is 10.1. The maximum Gasteiger partial charge on any atom is 0.256 e. The average Bonchev–Trinajstić information content (AvgIpc) is 3.33. The molecule has 2 saturated carbocycles. The van der Waals surface area contributed by atoms with Gasteiger partial charge in [0.25, 0.3) is 5.91 Å². The lowest BCUT2D eigenvalue weighted by Gasteiger charge is -2.36. The third-order valence-corrected chi connectivity index (χ3v) is 7.69.